The fraction of sp³-hybridized carbons (Fsp3) is 0.818. The van der Waals surface area contributed by atoms with Crippen LogP contribution >= 0.6 is 0 Å². The molecule has 2 rings (SSSR count). The molecule has 2 aliphatic rings. The molecule has 0 heteroatoms. The molecule has 0 radical (unpaired) electrons. The molecule has 0 heterocycles. The largest absolute Gasteiger partial charge is 0.0998 e. The highest BCUT2D eigenvalue weighted by atomic mass is 14.5. The van der Waals surface area contributed by atoms with Crippen LogP contribution in [0.4, 0.5) is 0 Å². The average molecular weight is 150 g/mol. The van der Waals surface area contributed by atoms with Gasteiger partial charge < -0.3 is 0 Å². The quantitative estimate of drug-likeness (QED) is 0.465. The van der Waals surface area contributed by atoms with Gasteiger partial charge in [-0.25, -0.2) is 0 Å². The minimum Gasteiger partial charge on any atom is -0.0998 e. The molecule has 0 bridgehead atoms. The van der Waals surface area contributed by atoms with Crippen molar-refractivity contribution >= 4 is 0 Å². The molecule has 4 atom stereocenters. The van der Waals surface area contributed by atoms with Crippen LogP contribution in [0.1, 0.15) is 33.1 Å². The van der Waals surface area contributed by atoms with Crippen LogP contribution in [-0.4, -0.2) is 0 Å². The number of rotatable bonds is 0. The molecule has 2 fully saturated rings. The van der Waals surface area contributed by atoms with E-state index < -0.39 is 0 Å². The fourth-order valence-corrected chi connectivity index (χ4v) is 3.09. The van der Waals surface area contributed by atoms with Gasteiger partial charge in [-0.05, 0) is 42.9 Å². The summed E-state index contributed by atoms with van der Waals surface area (Å²) in [6.07, 6.45) is 4.13. The molecule has 62 valence electrons. The first-order valence-corrected chi connectivity index (χ1v) is 4.85. The summed E-state index contributed by atoms with van der Waals surface area (Å²) in [7, 11) is 0. The molecule has 3 unspecified atom stereocenters. The predicted molar refractivity (Wildman–Crippen MR) is 48.3 cm³/mol. The smallest absolute Gasteiger partial charge is 0.0289 e. The Hall–Kier alpha value is -0.260. The predicted octanol–water partition coefficient (Wildman–Crippen LogP) is 3.24. The van der Waals surface area contributed by atoms with Crippen molar-refractivity contribution in [3.8, 4) is 0 Å². The summed E-state index contributed by atoms with van der Waals surface area (Å²) in [5.41, 5.74) is 1.51. The van der Waals surface area contributed by atoms with E-state index in [1.165, 1.54) is 24.8 Å². The van der Waals surface area contributed by atoms with Crippen LogP contribution in [0.5, 0.6) is 0 Å². The summed E-state index contributed by atoms with van der Waals surface area (Å²) in [4.78, 5) is 0. The molecule has 0 aromatic heterocycles. The van der Waals surface area contributed by atoms with Crippen LogP contribution in [0.15, 0.2) is 12.2 Å². The van der Waals surface area contributed by atoms with Gasteiger partial charge in [0.05, 0.1) is 0 Å². The Kier molecular flexibility index (Phi) is 1.59. The van der Waals surface area contributed by atoms with E-state index >= 15 is 0 Å². The average Bonchev–Trinajstić information content (AvgIpc) is 2.37. The summed E-state index contributed by atoms with van der Waals surface area (Å²) >= 11 is 0. The zero-order chi connectivity index (χ0) is 8.01. The first-order valence-electron chi connectivity index (χ1n) is 4.85. The third-order valence-electron chi connectivity index (χ3n) is 3.93. The maximum atomic E-state index is 4.10. The lowest BCUT2D eigenvalue weighted by atomic mass is 9.90. The molecule has 0 aromatic rings. The Morgan fingerprint density at radius 3 is 2.64 bits per heavy atom. The third kappa shape index (κ3) is 1.04. The molecular weight excluding hydrogens is 132 g/mol. The van der Waals surface area contributed by atoms with Gasteiger partial charge in [0.1, 0.15) is 0 Å². The second kappa shape index (κ2) is 2.36. The van der Waals surface area contributed by atoms with Crippen molar-refractivity contribution in [3.05, 3.63) is 12.2 Å². The second-order valence-corrected chi connectivity index (χ2v) is 4.65. The zero-order valence-corrected chi connectivity index (χ0v) is 7.64. The van der Waals surface area contributed by atoms with E-state index in [-0.39, 0.29) is 0 Å². The van der Waals surface area contributed by atoms with Gasteiger partial charge in [-0.2, -0.15) is 0 Å². The molecule has 11 heavy (non-hydrogen) atoms. The highest BCUT2D eigenvalue weighted by Crippen LogP contribution is 2.51. The first kappa shape index (κ1) is 7.39. The number of hydrogen-bond acceptors (Lipinski definition) is 0. The molecule has 0 aliphatic heterocycles. The van der Waals surface area contributed by atoms with Gasteiger partial charge in [-0.1, -0.05) is 26.0 Å². The number of fused-ring (bicyclic) bond motifs is 1. The van der Waals surface area contributed by atoms with Gasteiger partial charge in [0.2, 0.25) is 0 Å². The molecule has 2 saturated carbocycles. The van der Waals surface area contributed by atoms with E-state index in [0.717, 1.165) is 23.7 Å². The lowest BCUT2D eigenvalue weighted by molar-refractivity contribution is 0.346. The molecule has 0 N–H and O–H groups in total. The maximum Gasteiger partial charge on any atom is -0.0289 e. The molecule has 2 aliphatic carbocycles. The minimum absolute atomic E-state index is 0.958. The highest BCUT2D eigenvalue weighted by molar-refractivity contribution is 5.09. The number of hydrogen-bond donors (Lipinski definition) is 0. The van der Waals surface area contributed by atoms with Crippen molar-refractivity contribution in [2.45, 2.75) is 33.1 Å². The first-order chi connectivity index (χ1) is 5.18. The van der Waals surface area contributed by atoms with Crippen LogP contribution in [0, 0.1) is 23.7 Å². The van der Waals surface area contributed by atoms with E-state index in [1.54, 1.807) is 0 Å². The van der Waals surface area contributed by atoms with E-state index in [9.17, 15) is 0 Å². The van der Waals surface area contributed by atoms with E-state index in [0.29, 0.717) is 0 Å². The van der Waals surface area contributed by atoms with Crippen molar-refractivity contribution < 1.29 is 0 Å². The fourth-order valence-electron chi connectivity index (χ4n) is 3.09. The molecule has 0 spiro atoms. The third-order valence-corrected chi connectivity index (χ3v) is 3.93. The Balaban J connectivity index is 2.13. The van der Waals surface area contributed by atoms with E-state index in [1.807, 2.05) is 0 Å². The van der Waals surface area contributed by atoms with Crippen molar-refractivity contribution in [2.75, 3.05) is 0 Å². The summed E-state index contributed by atoms with van der Waals surface area (Å²) in [5.74, 6) is 3.93. The van der Waals surface area contributed by atoms with Gasteiger partial charge in [-0.15, -0.1) is 0 Å². The molecule has 0 nitrogen and oxygen atoms in total. The molecular formula is C11H18. The standard InChI is InChI=1S/C11H18/c1-7-4-10-6-8(2)9(3)11(10)5-7/h8-11H,1,4-6H2,2-3H3/t8-,9?,10?,11?/m1/s1. The second-order valence-electron chi connectivity index (χ2n) is 4.65. The van der Waals surface area contributed by atoms with Crippen molar-refractivity contribution in [2.24, 2.45) is 23.7 Å². The van der Waals surface area contributed by atoms with Crippen LogP contribution in [0.3, 0.4) is 0 Å². The molecule has 0 saturated heterocycles. The van der Waals surface area contributed by atoms with Crippen molar-refractivity contribution in [1.29, 1.82) is 0 Å². The summed E-state index contributed by atoms with van der Waals surface area (Å²) in [6, 6.07) is 0. The normalized spacial score (nSPS) is 49.8. The van der Waals surface area contributed by atoms with Crippen LogP contribution in [0.2, 0.25) is 0 Å². The SMILES string of the molecule is C=C1CC2C[C@@H](C)C(C)C2C1. The van der Waals surface area contributed by atoms with Gasteiger partial charge >= 0.3 is 0 Å². The highest BCUT2D eigenvalue weighted by Gasteiger charge is 2.41. The van der Waals surface area contributed by atoms with Gasteiger partial charge in [-0.3, -0.25) is 0 Å². The number of allylic oxidation sites excluding steroid dienone is 1. The van der Waals surface area contributed by atoms with E-state index in [2.05, 4.69) is 20.4 Å². The summed E-state index contributed by atoms with van der Waals surface area (Å²) in [5, 5.41) is 0. The summed E-state index contributed by atoms with van der Waals surface area (Å²) < 4.78 is 0. The topological polar surface area (TPSA) is 0 Å². The maximum absolute atomic E-state index is 4.10. The lowest BCUT2D eigenvalue weighted by Crippen LogP contribution is -2.08. The Morgan fingerprint density at radius 2 is 2.00 bits per heavy atom. The molecule has 0 amide bonds. The van der Waals surface area contributed by atoms with E-state index in [4.69, 9.17) is 0 Å². The van der Waals surface area contributed by atoms with Gasteiger partial charge in [0.15, 0.2) is 0 Å². The molecule has 0 aromatic carbocycles. The Bertz CT molecular complexity index is 180. The minimum atomic E-state index is 0.958. The Morgan fingerprint density at radius 1 is 1.27 bits per heavy atom. The monoisotopic (exact) mass is 150 g/mol. The zero-order valence-electron chi connectivity index (χ0n) is 7.64. The lowest BCUT2D eigenvalue weighted by Gasteiger charge is -2.15. The summed E-state index contributed by atoms with van der Waals surface area (Å²) in [6.45, 7) is 8.93. The van der Waals surface area contributed by atoms with Crippen molar-refractivity contribution in [3.63, 3.8) is 0 Å². The van der Waals surface area contributed by atoms with Gasteiger partial charge in [0, 0.05) is 0 Å². The van der Waals surface area contributed by atoms with Crippen LogP contribution in [-0.2, 0) is 0 Å². The van der Waals surface area contributed by atoms with Crippen molar-refractivity contribution in [1.82, 2.24) is 0 Å². The van der Waals surface area contributed by atoms with Crippen LogP contribution in [0.25, 0.3) is 0 Å². The van der Waals surface area contributed by atoms with Gasteiger partial charge in [0.25, 0.3) is 0 Å². The Labute approximate surface area is 69.7 Å². The van der Waals surface area contributed by atoms with Crippen LogP contribution < -0.4 is 0 Å².